The fraction of sp³-hybridized carbons (Fsp3) is 0.133. The number of nitrogens with one attached hydrogen (secondary N) is 2. The van der Waals surface area contributed by atoms with Crippen molar-refractivity contribution in [3.63, 3.8) is 0 Å². The van der Waals surface area contributed by atoms with Crippen molar-refractivity contribution in [2.45, 2.75) is 12.7 Å². The number of H-pyrrole nitrogens is 1. The van der Waals surface area contributed by atoms with Crippen LogP contribution in [0.1, 0.15) is 26.4 Å². The van der Waals surface area contributed by atoms with Gasteiger partial charge in [0.1, 0.15) is 0 Å². The molecule has 3 aromatic rings. The molecule has 0 aliphatic carbocycles. The molecular formula is C15H11F3N4OS. The highest BCUT2D eigenvalue weighted by Crippen LogP contribution is 2.30. The molecular weight excluding hydrogens is 341 g/mol. The van der Waals surface area contributed by atoms with Crippen LogP contribution < -0.4 is 5.32 Å². The van der Waals surface area contributed by atoms with Crippen LogP contribution in [0.3, 0.4) is 0 Å². The van der Waals surface area contributed by atoms with Crippen LogP contribution >= 0.6 is 11.3 Å². The minimum Gasteiger partial charge on any atom is -0.357 e. The number of thiazole rings is 1. The van der Waals surface area contributed by atoms with Crippen LogP contribution in [0.5, 0.6) is 0 Å². The molecule has 2 aromatic heterocycles. The molecule has 5 nitrogen and oxygen atoms in total. The average Bonchev–Trinajstić information content (AvgIpc) is 3.23. The normalized spacial score (nSPS) is 11.5. The average molecular weight is 352 g/mol. The van der Waals surface area contributed by atoms with Gasteiger partial charge in [-0.25, -0.2) is 4.98 Å². The Labute approximate surface area is 138 Å². The number of carbonyl (C=O) groups excluding carboxylic acids is 1. The molecule has 0 saturated carbocycles. The summed E-state index contributed by atoms with van der Waals surface area (Å²) in [5.41, 5.74) is 0.0435. The number of ketones is 1. The molecule has 9 heteroatoms. The highest BCUT2D eigenvalue weighted by molar-refractivity contribution is 7.17. The van der Waals surface area contributed by atoms with Crippen molar-refractivity contribution in [1.29, 1.82) is 0 Å². The Bertz CT molecular complexity index is 843. The number of aromatic nitrogens is 3. The zero-order valence-corrected chi connectivity index (χ0v) is 12.9. The summed E-state index contributed by atoms with van der Waals surface area (Å²) in [6.07, 6.45) is 0.233. The van der Waals surface area contributed by atoms with E-state index in [1.54, 1.807) is 12.4 Å². The summed E-state index contributed by atoms with van der Waals surface area (Å²) in [4.78, 5) is 16.7. The monoisotopic (exact) mass is 352 g/mol. The van der Waals surface area contributed by atoms with Gasteiger partial charge >= 0.3 is 6.18 Å². The molecule has 0 radical (unpaired) electrons. The van der Waals surface area contributed by atoms with E-state index in [1.807, 2.05) is 0 Å². The van der Waals surface area contributed by atoms with Gasteiger partial charge in [0, 0.05) is 23.9 Å². The minimum absolute atomic E-state index is 0.0186. The predicted octanol–water partition coefficient (Wildman–Crippen LogP) is 3.73. The van der Waals surface area contributed by atoms with Gasteiger partial charge in [0.25, 0.3) is 0 Å². The maximum absolute atomic E-state index is 12.7. The second-order valence-corrected chi connectivity index (χ2v) is 5.93. The number of hydrogen-bond acceptors (Lipinski definition) is 5. The van der Waals surface area contributed by atoms with Crippen LogP contribution in [-0.2, 0) is 12.7 Å². The maximum atomic E-state index is 12.7. The lowest BCUT2D eigenvalue weighted by Gasteiger charge is -2.07. The standard InChI is InChI=1S/C15H11F3N4OS/c16-15(17,18)11-3-1-2-10(4-11)13(23)12-8-20-14(24-12)19-5-9-6-21-22-7-9/h1-4,6-8H,5H2,(H,19,20)(H,21,22). The zero-order chi connectivity index (χ0) is 17.2. The van der Waals surface area contributed by atoms with E-state index >= 15 is 0 Å². The zero-order valence-electron chi connectivity index (χ0n) is 12.1. The molecule has 0 amide bonds. The summed E-state index contributed by atoms with van der Waals surface area (Å²) < 4.78 is 38.2. The largest absolute Gasteiger partial charge is 0.416 e. The van der Waals surface area contributed by atoms with Crippen LogP contribution in [0.4, 0.5) is 18.3 Å². The minimum atomic E-state index is -4.48. The smallest absolute Gasteiger partial charge is 0.357 e. The van der Waals surface area contributed by atoms with Gasteiger partial charge < -0.3 is 5.32 Å². The lowest BCUT2D eigenvalue weighted by Crippen LogP contribution is -2.07. The molecule has 0 unspecified atom stereocenters. The summed E-state index contributed by atoms with van der Waals surface area (Å²) in [6, 6.07) is 4.35. The van der Waals surface area contributed by atoms with Crippen molar-refractivity contribution in [3.8, 4) is 0 Å². The summed E-state index contributed by atoms with van der Waals surface area (Å²) in [5.74, 6) is -0.491. The first kappa shape index (κ1) is 16.2. The third kappa shape index (κ3) is 3.62. The number of nitrogens with zero attached hydrogens (tertiary/aromatic N) is 2. The summed E-state index contributed by atoms with van der Waals surface area (Å²) in [5, 5.41) is 10.0. The third-order valence-electron chi connectivity index (χ3n) is 3.18. The lowest BCUT2D eigenvalue weighted by atomic mass is 10.1. The molecule has 0 aliphatic rings. The Hall–Kier alpha value is -2.68. The summed E-state index contributed by atoms with van der Waals surface area (Å²) in [7, 11) is 0. The molecule has 0 atom stereocenters. The van der Waals surface area contributed by atoms with E-state index in [1.165, 1.54) is 18.3 Å². The topological polar surface area (TPSA) is 70.7 Å². The van der Waals surface area contributed by atoms with E-state index in [0.717, 1.165) is 29.0 Å². The molecule has 124 valence electrons. The second kappa shape index (κ2) is 6.44. The molecule has 2 heterocycles. The SMILES string of the molecule is O=C(c1cccc(C(F)(F)F)c1)c1cnc(NCc2cn[nH]c2)s1. The molecule has 24 heavy (non-hydrogen) atoms. The van der Waals surface area contributed by atoms with E-state index in [2.05, 4.69) is 20.5 Å². The van der Waals surface area contributed by atoms with Gasteiger partial charge in [0.15, 0.2) is 5.13 Å². The Morgan fingerprint density at radius 1 is 1.29 bits per heavy atom. The quantitative estimate of drug-likeness (QED) is 0.687. The first-order valence-corrected chi connectivity index (χ1v) is 7.64. The third-order valence-corrected chi connectivity index (χ3v) is 4.13. The second-order valence-electron chi connectivity index (χ2n) is 4.90. The van der Waals surface area contributed by atoms with E-state index in [0.29, 0.717) is 11.7 Å². The number of benzene rings is 1. The van der Waals surface area contributed by atoms with E-state index < -0.39 is 17.5 Å². The molecule has 1 aromatic carbocycles. The van der Waals surface area contributed by atoms with Crippen LogP contribution in [-0.4, -0.2) is 21.0 Å². The van der Waals surface area contributed by atoms with Crippen molar-refractivity contribution in [3.05, 3.63) is 64.4 Å². The van der Waals surface area contributed by atoms with Gasteiger partial charge in [0.2, 0.25) is 5.78 Å². The van der Waals surface area contributed by atoms with Gasteiger partial charge in [-0.15, -0.1) is 0 Å². The molecule has 0 saturated heterocycles. The maximum Gasteiger partial charge on any atom is 0.416 e. The first-order valence-electron chi connectivity index (χ1n) is 6.83. The van der Waals surface area contributed by atoms with Gasteiger partial charge in [-0.05, 0) is 12.1 Å². The molecule has 0 spiro atoms. The predicted molar refractivity (Wildman–Crippen MR) is 82.9 cm³/mol. The fourth-order valence-electron chi connectivity index (χ4n) is 1.99. The van der Waals surface area contributed by atoms with Crippen molar-refractivity contribution in [1.82, 2.24) is 15.2 Å². The number of anilines is 1. The van der Waals surface area contributed by atoms with Crippen LogP contribution in [0.15, 0.2) is 42.9 Å². The van der Waals surface area contributed by atoms with Gasteiger partial charge in [-0.2, -0.15) is 18.3 Å². The van der Waals surface area contributed by atoms with Crippen LogP contribution in [0.25, 0.3) is 0 Å². The van der Waals surface area contributed by atoms with Gasteiger partial charge in [-0.1, -0.05) is 23.5 Å². The van der Waals surface area contributed by atoms with Crippen molar-refractivity contribution in [2.24, 2.45) is 0 Å². The van der Waals surface area contributed by atoms with Gasteiger partial charge in [0.05, 0.1) is 22.8 Å². The first-order chi connectivity index (χ1) is 11.4. The Balaban J connectivity index is 1.74. The summed E-state index contributed by atoms with van der Waals surface area (Å²) >= 11 is 1.09. The summed E-state index contributed by atoms with van der Waals surface area (Å²) in [6.45, 7) is 0.473. The van der Waals surface area contributed by atoms with E-state index in [-0.39, 0.29) is 10.4 Å². The molecule has 0 fully saturated rings. The lowest BCUT2D eigenvalue weighted by molar-refractivity contribution is -0.137. The number of alkyl halides is 3. The van der Waals surface area contributed by atoms with Gasteiger partial charge in [-0.3, -0.25) is 9.89 Å². The number of rotatable bonds is 5. The van der Waals surface area contributed by atoms with E-state index in [4.69, 9.17) is 0 Å². The number of aromatic amines is 1. The number of halogens is 3. The van der Waals surface area contributed by atoms with Crippen molar-refractivity contribution < 1.29 is 18.0 Å². The fourth-order valence-corrected chi connectivity index (χ4v) is 2.77. The number of carbonyl (C=O) groups is 1. The molecule has 3 rings (SSSR count). The molecule has 2 N–H and O–H groups in total. The number of hydrogen-bond donors (Lipinski definition) is 2. The molecule has 0 bridgehead atoms. The van der Waals surface area contributed by atoms with Crippen LogP contribution in [0, 0.1) is 0 Å². The van der Waals surface area contributed by atoms with E-state index in [9.17, 15) is 18.0 Å². The Kier molecular flexibility index (Phi) is 4.34. The van der Waals surface area contributed by atoms with Crippen molar-refractivity contribution >= 4 is 22.3 Å². The Morgan fingerprint density at radius 2 is 2.12 bits per heavy atom. The van der Waals surface area contributed by atoms with Crippen molar-refractivity contribution in [2.75, 3.05) is 5.32 Å². The molecule has 0 aliphatic heterocycles. The highest BCUT2D eigenvalue weighted by Gasteiger charge is 2.31. The Morgan fingerprint density at radius 3 is 2.83 bits per heavy atom. The van der Waals surface area contributed by atoms with Crippen LogP contribution in [0.2, 0.25) is 0 Å². The highest BCUT2D eigenvalue weighted by atomic mass is 32.1.